The number of rotatable bonds is 4. The molecule has 1 unspecified atom stereocenters. The molecule has 1 saturated heterocycles. The number of halogens is 3. The first-order valence-electron chi connectivity index (χ1n) is 9.21. The molecule has 1 atom stereocenters. The van der Waals surface area contributed by atoms with Crippen LogP contribution in [-0.4, -0.2) is 38.4 Å². The van der Waals surface area contributed by atoms with Crippen LogP contribution in [0.25, 0.3) is 0 Å². The topological polar surface area (TPSA) is 61.8 Å². The lowest BCUT2D eigenvalue weighted by Crippen LogP contribution is -2.33. The first-order chi connectivity index (χ1) is 13.7. The van der Waals surface area contributed by atoms with Crippen LogP contribution < -0.4 is 4.83 Å². The highest BCUT2D eigenvalue weighted by Crippen LogP contribution is 2.54. The Morgan fingerprint density at radius 2 is 1.79 bits per heavy atom. The lowest BCUT2D eigenvalue weighted by atomic mass is 10.1. The number of hydrogen-bond acceptors (Lipinski definition) is 3. The number of nitrogens with one attached hydrogen (secondary N) is 1. The summed E-state index contributed by atoms with van der Waals surface area (Å²) in [6.45, 7) is 2.43. The molecule has 1 heterocycles. The second-order valence-corrected chi connectivity index (χ2v) is 10.1. The first kappa shape index (κ1) is 20.4. The van der Waals surface area contributed by atoms with Crippen LogP contribution in [0.4, 0.5) is 4.39 Å². The van der Waals surface area contributed by atoms with Gasteiger partial charge in [-0.25, -0.2) is 4.39 Å². The van der Waals surface area contributed by atoms with Crippen molar-refractivity contribution in [3.05, 3.63) is 63.6 Å². The second kappa shape index (κ2) is 7.45. The number of benzene rings is 2. The molecule has 1 N–H and O–H groups in total. The highest BCUT2D eigenvalue weighted by Gasteiger charge is 2.56. The van der Waals surface area contributed by atoms with Crippen molar-refractivity contribution >= 4 is 39.1 Å². The van der Waals surface area contributed by atoms with Crippen molar-refractivity contribution < 1.29 is 12.8 Å². The molecule has 4 rings (SSSR count). The molecule has 2 fully saturated rings. The van der Waals surface area contributed by atoms with E-state index in [1.165, 1.54) is 12.1 Å². The van der Waals surface area contributed by atoms with Gasteiger partial charge in [-0.15, -0.1) is 5.10 Å². The van der Waals surface area contributed by atoms with Crippen LogP contribution in [0.5, 0.6) is 0 Å². The Labute approximate surface area is 179 Å². The van der Waals surface area contributed by atoms with E-state index in [0.717, 1.165) is 18.4 Å². The van der Waals surface area contributed by atoms with Crippen LogP contribution in [0.1, 0.15) is 24.0 Å². The van der Waals surface area contributed by atoms with Crippen LogP contribution in [0.15, 0.2) is 52.5 Å². The predicted octanol–water partition coefficient (Wildman–Crippen LogP) is 4.38. The SMILES string of the molecule is Cc1ccc(S(=O)(=O)N/N=C(\c2c(Cl)cccc2Cl)N2CC(F)C3(CC3)C2)cc1. The molecule has 2 aromatic rings. The van der Waals surface area contributed by atoms with E-state index in [2.05, 4.69) is 9.93 Å². The maximum atomic E-state index is 14.6. The Morgan fingerprint density at radius 3 is 2.34 bits per heavy atom. The van der Waals surface area contributed by atoms with Gasteiger partial charge in [-0.05, 0) is 44.0 Å². The third-order valence-electron chi connectivity index (χ3n) is 5.53. The number of amidine groups is 1. The third-order valence-corrected chi connectivity index (χ3v) is 7.39. The van der Waals surface area contributed by atoms with Gasteiger partial charge in [0.1, 0.15) is 6.17 Å². The van der Waals surface area contributed by atoms with E-state index in [9.17, 15) is 12.8 Å². The molecule has 1 aliphatic carbocycles. The fourth-order valence-electron chi connectivity index (χ4n) is 3.59. The summed E-state index contributed by atoms with van der Waals surface area (Å²) >= 11 is 12.7. The van der Waals surface area contributed by atoms with Crippen LogP contribution in [0, 0.1) is 12.3 Å². The zero-order chi connectivity index (χ0) is 20.8. The molecule has 5 nitrogen and oxygen atoms in total. The fraction of sp³-hybridized carbons (Fsp3) is 0.350. The smallest absolute Gasteiger partial charge is 0.276 e. The van der Waals surface area contributed by atoms with Gasteiger partial charge >= 0.3 is 0 Å². The fourth-order valence-corrected chi connectivity index (χ4v) is 4.97. The highest BCUT2D eigenvalue weighted by atomic mass is 35.5. The van der Waals surface area contributed by atoms with Crippen LogP contribution in [0.2, 0.25) is 10.0 Å². The maximum absolute atomic E-state index is 14.6. The number of hydrazone groups is 1. The molecule has 1 saturated carbocycles. The Bertz CT molecular complexity index is 1050. The van der Waals surface area contributed by atoms with Crippen LogP contribution in [-0.2, 0) is 10.0 Å². The molecule has 154 valence electrons. The van der Waals surface area contributed by atoms with Crippen molar-refractivity contribution in [1.82, 2.24) is 9.73 Å². The molecule has 0 aromatic heterocycles. The molecule has 0 amide bonds. The maximum Gasteiger partial charge on any atom is 0.276 e. The van der Waals surface area contributed by atoms with E-state index in [4.69, 9.17) is 23.2 Å². The number of sulfonamides is 1. The van der Waals surface area contributed by atoms with E-state index < -0.39 is 16.2 Å². The summed E-state index contributed by atoms with van der Waals surface area (Å²) in [5, 5.41) is 4.80. The minimum absolute atomic E-state index is 0.0832. The number of aryl methyl sites for hydroxylation is 1. The van der Waals surface area contributed by atoms with Crippen molar-refractivity contribution in [3.63, 3.8) is 0 Å². The second-order valence-electron chi connectivity index (χ2n) is 7.65. The number of hydrogen-bond donors (Lipinski definition) is 1. The molecular weight excluding hydrogens is 436 g/mol. The number of likely N-dealkylation sites (tertiary alicyclic amines) is 1. The molecule has 2 aliphatic rings. The largest absolute Gasteiger partial charge is 0.351 e. The van der Waals surface area contributed by atoms with E-state index in [1.54, 1.807) is 35.2 Å². The summed E-state index contributed by atoms with van der Waals surface area (Å²) < 4.78 is 39.9. The van der Waals surface area contributed by atoms with Crippen molar-refractivity contribution in [3.8, 4) is 0 Å². The molecule has 0 radical (unpaired) electrons. The normalized spacial score (nSPS) is 20.9. The first-order valence-corrected chi connectivity index (χ1v) is 11.5. The van der Waals surface area contributed by atoms with Crippen molar-refractivity contribution in [2.75, 3.05) is 13.1 Å². The van der Waals surface area contributed by atoms with E-state index in [-0.39, 0.29) is 22.7 Å². The Morgan fingerprint density at radius 1 is 1.17 bits per heavy atom. The molecule has 1 aliphatic heterocycles. The van der Waals surface area contributed by atoms with Crippen molar-refractivity contribution in [2.24, 2.45) is 10.5 Å². The molecule has 0 bridgehead atoms. The summed E-state index contributed by atoms with van der Waals surface area (Å²) in [4.78, 5) is 4.07. The molecule has 2 aromatic carbocycles. The summed E-state index contributed by atoms with van der Waals surface area (Å²) in [6.07, 6.45) is 0.620. The standard InChI is InChI=1S/C20H20Cl2FN3O2S/c1-13-5-7-14(8-6-13)29(27,28)25-24-19(18-15(21)3-2-4-16(18)22)26-11-17(23)20(12-26)9-10-20/h2-8,17,25H,9-12H2,1H3/b24-19+. The van der Waals surface area contributed by atoms with Crippen molar-refractivity contribution in [1.29, 1.82) is 0 Å². The molecular formula is C20H20Cl2FN3O2S. The van der Waals surface area contributed by atoms with Gasteiger partial charge in [-0.3, -0.25) is 0 Å². The van der Waals surface area contributed by atoms with E-state index in [1.807, 2.05) is 6.92 Å². The number of nitrogens with zero attached hydrogens (tertiary/aromatic N) is 2. The zero-order valence-corrected chi connectivity index (χ0v) is 18.0. The van der Waals surface area contributed by atoms with Crippen molar-refractivity contribution in [2.45, 2.75) is 30.8 Å². The van der Waals surface area contributed by atoms with Gasteiger partial charge in [0.25, 0.3) is 10.0 Å². The molecule has 1 spiro atoms. The van der Waals surface area contributed by atoms with Crippen LogP contribution in [0.3, 0.4) is 0 Å². The summed E-state index contributed by atoms with van der Waals surface area (Å²) in [5.74, 6) is 0.225. The van der Waals surface area contributed by atoms with Crippen LogP contribution >= 0.6 is 23.2 Å². The number of alkyl halides is 1. The molecule has 9 heteroatoms. The average Bonchev–Trinajstić information content (AvgIpc) is 3.37. The van der Waals surface area contributed by atoms with Gasteiger partial charge in [0, 0.05) is 12.0 Å². The van der Waals surface area contributed by atoms with Gasteiger partial charge < -0.3 is 4.90 Å². The third kappa shape index (κ3) is 3.96. The predicted molar refractivity (Wildman–Crippen MR) is 113 cm³/mol. The van der Waals surface area contributed by atoms with Gasteiger partial charge in [-0.1, -0.05) is 47.0 Å². The Hall–Kier alpha value is -1.83. The zero-order valence-electron chi connectivity index (χ0n) is 15.7. The minimum atomic E-state index is -3.91. The summed E-state index contributed by atoms with van der Waals surface area (Å²) in [5.41, 5.74) is 0.953. The van der Waals surface area contributed by atoms with Gasteiger partial charge in [0.15, 0.2) is 5.84 Å². The quantitative estimate of drug-likeness (QED) is 0.422. The summed E-state index contributed by atoms with van der Waals surface area (Å²) in [7, 11) is -3.91. The van der Waals surface area contributed by atoms with E-state index >= 15 is 0 Å². The minimum Gasteiger partial charge on any atom is -0.351 e. The van der Waals surface area contributed by atoms with Gasteiger partial charge in [-0.2, -0.15) is 13.2 Å². The Balaban J connectivity index is 1.71. The summed E-state index contributed by atoms with van der Waals surface area (Å²) in [6, 6.07) is 11.4. The Kier molecular flexibility index (Phi) is 5.25. The van der Waals surface area contributed by atoms with E-state index in [0.29, 0.717) is 22.2 Å². The monoisotopic (exact) mass is 455 g/mol. The molecule has 29 heavy (non-hydrogen) atoms. The average molecular weight is 456 g/mol. The lowest BCUT2D eigenvalue weighted by molar-refractivity contribution is 0.266. The van der Waals surface area contributed by atoms with Gasteiger partial charge in [0.05, 0.1) is 27.0 Å². The highest BCUT2D eigenvalue weighted by molar-refractivity contribution is 7.89. The lowest BCUT2D eigenvalue weighted by Gasteiger charge is -2.22. The van der Waals surface area contributed by atoms with Gasteiger partial charge in [0.2, 0.25) is 0 Å².